The lowest BCUT2D eigenvalue weighted by Gasteiger charge is -2.43. The second-order valence-corrected chi connectivity index (χ2v) is 8.83. The molecule has 2 atom stereocenters. The molecule has 0 saturated carbocycles. The second-order valence-electron chi connectivity index (χ2n) is 5.17. The first kappa shape index (κ1) is 16.4. The van der Waals surface area contributed by atoms with Gasteiger partial charge in [0.15, 0.2) is 10.4 Å². The molecule has 1 fully saturated rings. The summed E-state index contributed by atoms with van der Waals surface area (Å²) in [5, 5.41) is 9.14. The van der Waals surface area contributed by atoms with Gasteiger partial charge in [-0.2, -0.15) is 0 Å². The maximum absolute atomic E-state index is 11.8. The minimum atomic E-state index is -1.04. The number of hydrogen-bond donors (Lipinski definition) is 1. The van der Waals surface area contributed by atoms with Crippen LogP contribution in [0.15, 0.2) is 40.8 Å². The normalized spacial score (nSPS) is 18.7. The molecule has 120 valence electrons. The summed E-state index contributed by atoms with van der Waals surface area (Å²) in [6.45, 7) is 5.33. The van der Waals surface area contributed by atoms with Gasteiger partial charge in [-0.05, 0) is 35.4 Å². The zero-order chi connectivity index (χ0) is 16.6. The van der Waals surface area contributed by atoms with Gasteiger partial charge in [-0.1, -0.05) is 29.5 Å². The number of carboxylic acid groups (broad SMARTS) is 1. The fourth-order valence-corrected chi connectivity index (χ4v) is 6.15. The Hall–Kier alpha value is -1.51. The van der Waals surface area contributed by atoms with Gasteiger partial charge in [0.05, 0.1) is 22.0 Å². The topological polar surface area (TPSA) is 70.5 Å². The molecule has 0 unspecified atom stereocenters. The summed E-state index contributed by atoms with van der Waals surface area (Å²) in [7, 11) is 2.96. The Morgan fingerprint density at radius 3 is 2.87 bits per heavy atom. The minimum absolute atomic E-state index is 0.150. The van der Waals surface area contributed by atoms with Gasteiger partial charge in [0.2, 0.25) is 5.91 Å². The molecule has 1 aliphatic rings. The SMILES string of the molecule is C=C(C)[C@H](C(=O)O)N1C(=O)C[C@H]1SSc1nc2ccccc2s1. The average Bonchev–Trinajstić information content (AvgIpc) is 2.90. The number of fused-ring (bicyclic) bond motifs is 1. The van der Waals surface area contributed by atoms with Crippen molar-refractivity contribution in [1.29, 1.82) is 0 Å². The third kappa shape index (κ3) is 3.24. The molecule has 8 heteroatoms. The number of carboxylic acids is 1. The van der Waals surface area contributed by atoms with Gasteiger partial charge in [-0.25, -0.2) is 9.78 Å². The lowest BCUT2D eigenvalue weighted by molar-refractivity contribution is -0.155. The van der Waals surface area contributed by atoms with Crippen molar-refractivity contribution in [2.24, 2.45) is 0 Å². The summed E-state index contributed by atoms with van der Waals surface area (Å²) in [5.74, 6) is -1.19. The molecule has 1 amide bonds. The lowest BCUT2D eigenvalue weighted by Crippen LogP contribution is -2.58. The van der Waals surface area contributed by atoms with Crippen LogP contribution in [0.25, 0.3) is 10.2 Å². The smallest absolute Gasteiger partial charge is 0.330 e. The molecule has 3 rings (SSSR count). The van der Waals surface area contributed by atoms with E-state index in [1.165, 1.54) is 26.5 Å². The van der Waals surface area contributed by atoms with Gasteiger partial charge in [0.1, 0.15) is 0 Å². The third-order valence-electron chi connectivity index (χ3n) is 3.43. The number of aliphatic carboxylic acids is 1. The van der Waals surface area contributed by atoms with Crippen LogP contribution in [0.1, 0.15) is 13.3 Å². The number of rotatable bonds is 6. The van der Waals surface area contributed by atoms with Crippen LogP contribution in [-0.2, 0) is 9.59 Å². The largest absolute Gasteiger partial charge is 0.479 e. The van der Waals surface area contributed by atoms with Crippen molar-refractivity contribution >= 4 is 55.0 Å². The van der Waals surface area contributed by atoms with Crippen molar-refractivity contribution in [3.05, 3.63) is 36.4 Å². The second kappa shape index (κ2) is 6.54. The van der Waals surface area contributed by atoms with Crippen molar-refractivity contribution in [2.45, 2.75) is 29.1 Å². The summed E-state index contributed by atoms with van der Waals surface area (Å²) < 4.78 is 2.01. The lowest BCUT2D eigenvalue weighted by atomic mass is 10.0. The van der Waals surface area contributed by atoms with E-state index in [0.717, 1.165) is 14.6 Å². The van der Waals surface area contributed by atoms with Crippen LogP contribution in [0.4, 0.5) is 0 Å². The van der Waals surface area contributed by atoms with Gasteiger partial charge >= 0.3 is 5.97 Å². The van der Waals surface area contributed by atoms with Crippen LogP contribution in [0.2, 0.25) is 0 Å². The molecule has 1 saturated heterocycles. The monoisotopic (exact) mass is 366 g/mol. The zero-order valence-electron chi connectivity index (χ0n) is 12.3. The van der Waals surface area contributed by atoms with E-state index < -0.39 is 12.0 Å². The van der Waals surface area contributed by atoms with Crippen LogP contribution >= 0.6 is 32.9 Å². The van der Waals surface area contributed by atoms with Crippen LogP contribution in [0.3, 0.4) is 0 Å². The van der Waals surface area contributed by atoms with Crippen LogP contribution < -0.4 is 0 Å². The van der Waals surface area contributed by atoms with Crippen LogP contribution in [0.5, 0.6) is 0 Å². The van der Waals surface area contributed by atoms with Crippen molar-refractivity contribution < 1.29 is 14.7 Å². The molecule has 5 nitrogen and oxygen atoms in total. The van der Waals surface area contributed by atoms with Gasteiger partial charge in [-0.3, -0.25) is 4.79 Å². The highest BCUT2D eigenvalue weighted by atomic mass is 33.1. The van der Waals surface area contributed by atoms with E-state index in [1.807, 2.05) is 24.3 Å². The van der Waals surface area contributed by atoms with E-state index in [2.05, 4.69) is 11.6 Å². The van der Waals surface area contributed by atoms with E-state index in [4.69, 9.17) is 0 Å². The Labute approximate surface area is 145 Å². The Bertz CT molecular complexity index is 742. The summed E-state index contributed by atoms with van der Waals surface area (Å²) in [5.41, 5.74) is 1.41. The first-order valence-electron chi connectivity index (χ1n) is 6.85. The Morgan fingerprint density at radius 2 is 2.26 bits per heavy atom. The molecule has 2 aromatic rings. The summed E-state index contributed by atoms with van der Waals surface area (Å²) >= 11 is 1.59. The molecule has 1 aliphatic heterocycles. The summed E-state index contributed by atoms with van der Waals surface area (Å²) in [6.07, 6.45) is 0.347. The number of carbonyl (C=O) groups is 2. The standard InChI is InChI=1S/C15H14N2O3S3/c1-8(2)13(14(19)20)17-11(18)7-12(17)22-23-15-16-9-5-3-4-6-10(9)21-15/h3-6,12-13H,1,7H2,2H3,(H,19,20)/t12-,13-/m1/s1. The molecule has 0 bridgehead atoms. The van der Waals surface area contributed by atoms with E-state index in [9.17, 15) is 14.7 Å². The van der Waals surface area contributed by atoms with Gasteiger partial charge < -0.3 is 10.0 Å². The molecule has 0 radical (unpaired) electrons. The van der Waals surface area contributed by atoms with E-state index in [-0.39, 0.29) is 11.3 Å². The average molecular weight is 366 g/mol. The highest BCUT2D eigenvalue weighted by Crippen LogP contribution is 2.44. The maximum atomic E-state index is 11.8. The number of benzene rings is 1. The Morgan fingerprint density at radius 1 is 1.52 bits per heavy atom. The summed E-state index contributed by atoms with van der Waals surface area (Å²) in [4.78, 5) is 29.1. The minimum Gasteiger partial charge on any atom is -0.479 e. The molecule has 2 heterocycles. The maximum Gasteiger partial charge on any atom is 0.330 e. The fraction of sp³-hybridized carbons (Fsp3) is 0.267. The van der Waals surface area contributed by atoms with Crippen molar-refractivity contribution in [1.82, 2.24) is 9.88 Å². The van der Waals surface area contributed by atoms with E-state index in [0.29, 0.717) is 12.0 Å². The van der Waals surface area contributed by atoms with E-state index >= 15 is 0 Å². The van der Waals surface area contributed by atoms with Crippen molar-refractivity contribution in [3.8, 4) is 0 Å². The molecule has 0 spiro atoms. The number of para-hydroxylation sites is 1. The molecular formula is C15H14N2O3S3. The quantitative estimate of drug-likeness (QED) is 0.478. The molecule has 1 aromatic carbocycles. The number of hydrogen-bond acceptors (Lipinski definition) is 6. The number of β-lactam (4-membered cyclic amide) rings is 1. The molecular weight excluding hydrogens is 352 g/mol. The third-order valence-corrected chi connectivity index (χ3v) is 7.45. The number of amides is 1. The zero-order valence-corrected chi connectivity index (χ0v) is 14.7. The van der Waals surface area contributed by atoms with Crippen molar-refractivity contribution in [3.63, 3.8) is 0 Å². The summed E-state index contributed by atoms with van der Waals surface area (Å²) in [6, 6.07) is 6.94. The molecule has 23 heavy (non-hydrogen) atoms. The van der Waals surface area contributed by atoms with Crippen molar-refractivity contribution in [2.75, 3.05) is 0 Å². The Balaban J connectivity index is 1.69. The van der Waals surface area contributed by atoms with Gasteiger partial charge in [0, 0.05) is 0 Å². The number of thiazole rings is 1. The number of aromatic nitrogens is 1. The number of likely N-dealkylation sites (tertiary alicyclic amines) is 1. The number of carbonyl (C=O) groups excluding carboxylic acids is 1. The fourth-order valence-electron chi connectivity index (χ4n) is 2.34. The number of nitrogens with zero attached hydrogens (tertiary/aromatic N) is 2. The molecule has 0 aliphatic carbocycles. The highest BCUT2D eigenvalue weighted by molar-refractivity contribution is 8.77. The molecule has 1 aromatic heterocycles. The predicted octanol–water partition coefficient (Wildman–Crippen LogP) is 3.62. The molecule has 1 N–H and O–H groups in total. The van der Waals surface area contributed by atoms with Crippen LogP contribution in [-0.4, -0.2) is 38.3 Å². The van der Waals surface area contributed by atoms with Crippen LogP contribution in [0, 0.1) is 0 Å². The highest BCUT2D eigenvalue weighted by Gasteiger charge is 2.44. The first-order valence-corrected chi connectivity index (χ1v) is 9.88. The first-order chi connectivity index (χ1) is 11.0. The van der Waals surface area contributed by atoms with E-state index in [1.54, 1.807) is 18.3 Å². The Kier molecular flexibility index (Phi) is 4.65. The predicted molar refractivity (Wildman–Crippen MR) is 94.6 cm³/mol. The van der Waals surface area contributed by atoms with Gasteiger partial charge in [0.25, 0.3) is 0 Å². The van der Waals surface area contributed by atoms with Gasteiger partial charge in [-0.15, -0.1) is 11.3 Å².